The molecule has 4 aromatic rings. The van der Waals surface area contributed by atoms with Crippen molar-refractivity contribution in [3.05, 3.63) is 91.9 Å². The van der Waals surface area contributed by atoms with Gasteiger partial charge < -0.3 is 9.64 Å². The van der Waals surface area contributed by atoms with E-state index in [1.807, 2.05) is 36.4 Å². The van der Waals surface area contributed by atoms with Crippen LogP contribution in [0.1, 0.15) is 30.0 Å². The lowest BCUT2D eigenvalue weighted by Gasteiger charge is -2.36. The zero-order valence-corrected chi connectivity index (χ0v) is 24.1. The zero-order chi connectivity index (χ0) is 29.4. The molecular weight excluding hydrogens is 584 g/mol. The van der Waals surface area contributed by atoms with Crippen molar-refractivity contribution in [2.24, 2.45) is 0 Å². The third-order valence-corrected chi connectivity index (χ3v) is 8.25. The Morgan fingerprint density at radius 1 is 0.929 bits per heavy atom. The van der Waals surface area contributed by atoms with E-state index in [1.165, 1.54) is 6.07 Å². The molecule has 1 aromatic heterocycles. The molecule has 12 heteroatoms. The molecule has 0 bridgehead atoms. The minimum absolute atomic E-state index is 0.0727. The smallest absolute Gasteiger partial charge is 0.275 e. The number of hydrogen-bond donors (Lipinski definition) is 2. The maximum absolute atomic E-state index is 14.4. The number of ether oxygens (including phenoxy) is 1. The van der Waals surface area contributed by atoms with Crippen LogP contribution in [0.5, 0.6) is 5.75 Å². The molecule has 2 amide bonds. The Morgan fingerprint density at radius 2 is 1.67 bits per heavy atom. The van der Waals surface area contributed by atoms with Crippen LogP contribution >= 0.6 is 23.2 Å². The van der Waals surface area contributed by atoms with Gasteiger partial charge in [-0.1, -0.05) is 47.5 Å². The minimum Gasteiger partial charge on any atom is -0.487 e. The van der Waals surface area contributed by atoms with E-state index in [9.17, 15) is 18.8 Å². The molecule has 2 saturated heterocycles. The molecule has 2 aliphatic heterocycles. The van der Waals surface area contributed by atoms with Crippen molar-refractivity contribution in [2.45, 2.75) is 32.0 Å². The van der Waals surface area contributed by atoms with Gasteiger partial charge in [0.15, 0.2) is 0 Å². The molecule has 0 saturated carbocycles. The number of carbonyl (C=O) groups excluding carboxylic acids is 2. The van der Waals surface area contributed by atoms with E-state index in [2.05, 4.69) is 20.2 Å². The first-order valence-electron chi connectivity index (χ1n) is 13.7. The van der Waals surface area contributed by atoms with Crippen LogP contribution in [0.15, 0.2) is 59.4 Å². The highest BCUT2D eigenvalue weighted by Crippen LogP contribution is 2.30. The van der Waals surface area contributed by atoms with Crippen molar-refractivity contribution < 1.29 is 18.7 Å². The molecule has 2 N–H and O–H groups in total. The maximum atomic E-state index is 14.4. The highest BCUT2D eigenvalue weighted by Gasteiger charge is 2.31. The monoisotopic (exact) mass is 611 g/mol. The summed E-state index contributed by atoms with van der Waals surface area (Å²) in [5.41, 5.74) is 2.78. The van der Waals surface area contributed by atoms with Crippen molar-refractivity contribution in [1.29, 1.82) is 0 Å². The molecule has 2 aliphatic rings. The Kier molecular flexibility index (Phi) is 7.94. The Balaban J connectivity index is 1.08. The highest BCUT2D eigenvalue weighted by molar-refractivity contribution is 6.36. The maximum Gasteiger partial charge on any atom is 0.275 e. The number of anilines is 1. The summed E-state index contributed by atoms with van der Waals surface area (Å²) in [5, 5.41) is 6.50. The van der Waals surface area contributed by atoms with E-state index in [0.29, 0.717) is 15.6 Å². The number of aromatic nitrogens is 2. The van der Waals surface area contributed by atoms with E-state index in [4.69, 9.17) is 27.9 Å². The van der Waals surface area contributed by atoms with Gasteiger partial charge in [-0.25, -0.2) is 9.07 Å². The van der Waals surface area contributed by atoms with Gasteiger partial charge in [0.25, 0.3) is 11.5 Å². The molecule has 9 nitrogen and oxygen atoms in total. The fourth-order valence-corrected chi connectivity index (χ4v) is 6.00. The quantitative estimate of drug-likeness (QED) is 0.295. The number of piperidine rings is 1. The van der Waals surface area contributed by atoms with Crippen molar-refractivity contribution >= 4 is 51.6 Å². The molecule has 3 heterocycles. The molecule has 3 aromatic carbocycles. The largest absolute Gasteiger partial charge is 0.487 e. The third kappa shape index (κ3) is 5.88. The molecule has 1 unspecified atom stereocenters. The summed E-state index contributed by atoms with van der Waals surface area (Å²) in [5.74, 6) is -1.42. The standard InChI is InChI=1S/C30H28Cl2FN5O4/c31-20-5-6-24(23(32)13-20)37-11-9-36(10-12-37)16-18-1-3-19(4-2-18)17-42-26-15-21(33)14-22-28(26)35-38(30(22)41)25-7-8-27(39)34-29(25)40/h1-6,13-15,25,35H,7-12,16-17H2,(H,34,39,40). The first kappa shape index (κ1) is 28.3. The van der Waals surface area contributed by atoms with E-state index in [1.54, 1.807) is 6.07 Å². The molecule has 6 rings (SSSR count). The van der Waals surface area contributed by atoms with Crippen molar-refractivity contribution in [3.8, 4) is 5.75 Å². The van der Waals surface area contributed by atoms with Crippen molar-refractivity contribution in [2.75, 3.05) is 31.1 Å². The number of nitrogens with zero attached hydrogens (tertiary/aromatic N) is 3. The van der Waals surface area contributed by atoms with Gasteiger partial charge >= 0.3 is 0 Å². The fraction of sp³-hybridized carbons (Fsp3) is 0.300. The summed E-state index contributed by atoms with van der Waals surface area (Å²) < 4.78 is 21.5. The Labute approximate surface area is 250 Å². The van der Waals surface area contributed by atoms with Crippen LogP contribution in [0, 0.1) is 5.82 Å². The summed E-state index contributed by atoms with van der Waals surface area (Å²) in [6.45, 7) is 4.49. The number of amides is 2. The van der Waals surface area contributed by atoms with E-state index in [0.717, 1.165) is 60.3 Å². The van der Waals surface area contributed by atoms with Gasteiger partial charge in [0.1, 0.15) is 29.7 Å². The molecule has 2 fully saturated rings. The topological polar surface area (TPSA) is 99.7 Å². The van der Waals surface area contributed by atoms with Crippen LogP contribution < -0.4 is 20.5 Å². The Hall–Kier alpha value is -3.86. The van der Waals surface area contributed by atoms with Crippen LogP contribution in [-0.4, -0.2) is 52.7 Å². The van der Waals surface area contributed by atoms with E-state index >= 15 is 0 Å². The van der Waals surface area contributed by atoms with Crippen molar-refractivity contribution in [1.82, 2.24) is 20.0 Å². The number of imide groups is 1. The molecule has 1 atom stereocenters. The highest BCUT2D eigenvalue weighted by atomic mass is 35.5. The van der Waals surface area contributed by atoms with Crippen LogP contribution in [0.2, 0.25) is 10.0 Å². The zero-order valence-electron chi connectivity index (χ0n) is 22.5. The number of nitrogens with one attached hydrogen (secondary N) is 2. The summed E-state index contributed by atoms with van der Waals surface area (Å²) in [7, 11) is 0. The molecule has 218 valence electrons. The summed E-state index contributed by atoms with van der Waals surface area (Å²) >= 11 is 12.4. The second kappa shape index (κ2) is 11.8. The summed E-state index contributed by atoms with van der Waals surface area (Å²) in [6, 6.07) is 15.0. The number of piperazine rings is 1. The van der Waals surface area contributed by atoms with Gasteiger partial charge in [0.2, 0.25) is 5.91 Å². The van der Waals surface area contributed by atoms with Gasteiger partial charge in [-0.05, 0) is 41.8 Å². The number of halogens is 3. The summed E-state index contributed by atoms with van der Waals surface area (Å²) in [6.07, 6.45) is 0.287. The lowest BCUT2D eigenvalue weighted by Crippen LogP contribution is -2.46. The molecule has 0 radical (unpaired) electrons. The van der Waals surface area contributed by atoms with Crippen LogP contribution in [-0.2, 0) is 22.7 Å². The number of benzene rings is 3. The van der Waals surface area contributed by atoms with Crippen LogP contribution in [0.25, 0.3) is 10.9 Å². The van der Waals surface area contributed by atoms with Gasteiger partial charge in [-0.3, -0.25) is 29.7 Å². The molecule has 42 heavy (non-hydrogen) atoms. The van der Waals surface area contributed by atoms with Crippen LogP contribution in [0.3, 0.4) is 0 Å². The molecular formula is C30H28Cl2FN5O4. The van der Waals surface area contributed by atoms with E-state index in [-0.39, 0.29) is 36.5 Å². The lowest BCUT2D eigenvalue weighted by molar-refractivity contribution is -0.136. The Morgan fingerprint density at radius 3 is 2.38 bits per heavy atom. The van der Waals surface area contributed by atoms with Crippen molar-refractivity contribution in [3.63, 3.8) is 0 Å². The van der Waals surface area contributed by atoms with Gasteiger partial charge in [-0.15, -0.1) is 0 Å². The second-order valence-corrected chi connectivity index (χ2v) is 11.4. The molecule has 0 aliphatic carbocycles. The van der Waals surface area contributed by atoms with Gasteiger partial charge in [0.05, 0.1) is 16.1 Å². The SMILES string of the molecule is O=C1CCC(n2[nH]c3c(OCc4ccc(CN5CCN(c6ccc(Cl)cc6Cl)CC5)cc4)cc(F)cc3c2=O)C(=O)N1. The number of H-pyrrole nitrogens is 1. The van der Waals surface area contributed by atoms with Crippen LogP contribution in [0.4, 0.5) is 10.1 Å². The number of carbonyl (C=O) groups is 2. The van der Waals surface area contributed by atoms with Gasteiger partial charge in [0, 0.05) is 50.2 Å². The number of hydrogen-bond acceptors (Lipinski definition) is 6. The first-order valence-corrected chi connectivity index (χ1v) is 14.4. The number of rotatable bonds is 7. The normalized spacial score (nSPS) is 18.0. The fourth-order valence-electron chi connectivity index (χ4n) is 5.47. The average Bonchev–Trinajstić information content (AvgIpc) is 3.29. The first-order chi connectivity index (χ1) is 20.2. The molecule has 0 spiro atoms. The minimum atomic E-state index is -0.885. The lowest BCUT2D eigenvalue weighted by atomic mass is 10.1. The Bertz CT molecular complexity index is 1710. The summed E-state index contributed by atoms with van der Waals surface area (Å²) in [4.78, 5) is 41.5. The van der Waals surface area contributed by atoms with E-state index < -0.39 is 23.3 Å². The van der Waals surface area contributed by atoms with Gasteiger partial charge in [-0.2, -0.15) is 0 Å². The number of aromatic amines is 1. The number of fused-ring (bicyclic) bond motifs is 1. The third-order valence-electron chi connectivity index (χ3n) is 7.72. The predicted molar refractivity (Wildman–Crippen MR) is 159 cm³/mol. The predicted octanol–water partition coefficient (Wildman–Crippen LogP) is 4.65. The second-order valence-electron chi connectivity index (χ2n) is 10.5. The average molecular weight is 612 g/mol.